The summed E-state index contributed by atoms with van der Waals surface area (Å²) in [6.45, 7) is 0.199. The van der Waals surface area contributed by atoms with Crippen LogP contribution in [0.1, 0.15) is 24.0 Å². The summed E-state index contributed by atoms with van der Waals surface area (Å²) in [5.41, 5.74) is 2.27. The Balaban J connectivity index is 1.37. The number of amides is 2. The topological polar surface area (TPSA) is 93.7 Å². The predicted octanol–water partition coefficient (Wildman–Crippen LogP) is 5.60. The average Bonchev–Trinajstić information content (AvgIpc) is 2.94. The first-order valence-corrected chi connectivity index (χ1v) is 12.0. The third-order valence-electron chi connectivity index (χ3n) is 5.72. The molecule has 0 fully saturated rings. The summed E-state index contributed by atoms with van der Waals surface area (Å²) in [7, 11) is 0. The number of ether oxygens (including phenoxy) is 2. The Bertz CT molecular complexity index is 1340. The number of esters is 1. The molecule has 0 aromatic heterocycles. The number of nitrogens with one attached hydrogen (secondary N) is 2. The maximum atomic E-state index is 13.1. The van der Waals surface area contributed by atoms with Crippen molar-refractivity contribution in [1.29, 1.82) is 0 Å². The fraction of sp³-hybridized carbons (Fsp3) is 0.167. The molecule has 188 valence electrons. The Kier molecular flexibility index (Phi) is 8.86. The van der Waals surface area contributed by atoms with Crippen LogP contribution < -0.4 is 10.6 Å². The Morgan fingerprint density at radius 3 is 1.95 bits per heavy atom. The summed E-state index contributed by atoms with van der Waals surface area (Å²) in [6, 6.07) is 30.9. The molecule has 0 aliphatic heterocycles. The molecule has 0 aliphatic rings. The van der Waals surface area contributed by atoms with Crippen LogP contribution in [0.2, 0.25) is 0 Å². The Hall–Kier alpha value is -4.65. The molecule has 0 saturated heterocycles. The first-order valence-electron chi connectivity index (χ1n) is 12.0. The fourth-order valence-corrected chi connectivity index (χ4v) is 3.74. The van der Waals surface area contributed by atoms with Gasteiger partial charge in [-0.2, -0.15) is 0 Å². The molecule has 7 heteroatoms. The summed E-state index contributed by atoms with van der Waals surface area (Å²) in [5, 5.41) is 7.44. The molecule has 0 bridgehead atoms. The molecular formula is C30H28N2O5. The standard InChI is InChI=1S/C30H28N2O5/c33-28(36-20-22-9-3-1-4-10-22)18-17-27(32-30(35)37-21-23-11-5-2-6-12-23)29(34)31-26-16-15-24-13-7-8-14-25(24)19-26/h1-16,19,27H,17-18,20-21H2,(H,31,34)(H,32,35). The summed E-state index contributed by atoms with van der Waals surface area (Å²) >= 11 is 0. The van der Waals surface area contributed by atoms with E-state index in [4.69, 9.17) is 9.47 Å². The molecule has 4 aromatic rings. The van der Waals surface area contributed by atoms with Gasteiger partial charge in [-0.1, -0.05) is 91.0 Å². The van der Waals surface area contributed by atoms with Crippen LogP contribution in [0.25, 0.3) is 10.8 Å². The monoisotopic (exact) mass is 496 g/mol. The van der Waals surface area contributed by atoms with Gasteiger partial charge < -0.3 is 20.1 Å². The van der Waals surface area contributed by atoms with Crippen LogP contribution in [-0.4, -0.2) is 24.0 Å². The largest absolute Gasteiger partial charge is 0.461 e. The highest BCUT2D eigenvalue weighted by atomic mass is 16.5. The van der Waals surface area contributed by atoms with Gasteiger partial charge in [0.2, 0.25) is 5.91 Å². The molecule has 0 heterocycles. The van der Waals surface area contributed by atoms with E-state index in [1.165, 1.54) is 0 Å². The highest BCUT2D eigenvalue weighted by Crippen LogP contribution is 2.19. The Labute approximate surface area is 215 Å². The van der Waals surface area contributed by atoms with Crippen molar-refractivity contribution in [2.45, 2.75) is 32.1 Å². The zero-order valence-corrected chi connectivity index (χ0v) is 20.3. The van der Waals surface area contributed by atoms with E-state index in [0.29, 0.717) is 5.69 Å². The maximum absolute atomic E-state index is 13.1. The van der Waals surface area contributed by atoms with Crippen LogP contribution >= 0.6 is 0 Å². The van der Waals surface area contributed by atoms with E-state index in [9.17, 15) is 14.4 Å². The molecular weight excluding hydrogens is 468 g/mol. The molecule has 0 saturated carbocycles. The zero-order chi connectivity index (χ0) is 25.9. The number of hydrogen-bond donors (Lipinski definition) is 2. The number of rotatable bonds is 10. The predicted molar refractivity (Wildman–Crippen MR) is 142 cm³/mol. The number of benzene rings is 4. The van der Waals surface area contributed by atoms with Crippen LogP contribution in [0.3, 0.4) is 0 Å². The molecule has 1 atom stereocenters. The van der Waals surface area contributed by atoms with Gasteiger partial charge in [-0.05, 0) is 40.5 Å². The van der Waals surface area contributed by atoms with Crippen molar-refractivity contribution in [1.82, 2.24) is 5.32 Å². The average molecular weight is 497 g/mol. The van der Waals surface area contributed by atoms with E-state index in [-0.39, 0.29) is 26.1 Å². The Morgan fingerprint density at radius 2 is 1.27 bits per heavy atom. The van der Waals surface area contributed by atoms with Gasteiger partial charge in [-0.15, -0.1) is 0 Å². The second-order valence-electron chi connectivity index (χ2n) is 8.49. The summed E-state index contributed by atoms with van der Waals surface area (Å²) in [6.07, 6.45) is -0.755. The van der Waals surface area contributed by atoms with E-state index in [1.807, 2.05) is 97.1 Å². The second kappa shape index (κ2) is 12.9. The zero-order valence-electron chi connectivity index (χ0n) is 20.3. The smallest absolute Gasteiger partial charge is 0.408 e. The minimum atomic E-state index is -1.00. The molecule has 0 spiro atoms. The van der Waals surface area contributed by atoms with Crippen molar-refractivity contribution < 1.29 is 23.9 Å². The van der Waals surface area contributed by atoms with Gasteiger partial charge >= 0.3 is 12.1 Å². The lowest BCUT2D eigenvalue weighted by molar-refractivity contribution is -0.145. The molecule has 2 N–H and O–H groups in total. The molecule has 2 amide bonds. The number of hydrogen-bond acceptors (Lipinski definition) is 5. The number of alkyl carbamates (subject to hydrolysis) is 1. The van der Waals surface area contributed by atoms with Crippen molar-refractivity contribution in [3.8, 4) is 0 Å². The molecule has 37 heavy (non-hydrogen) atoms. The quantitative estimate of drug-likeness (QED) is 0.279. The molecule has 1 unspecified atom stereocenters. The van der Waals surface area contributed by atoms with E-state index in [0.717, 1.165) is 21.9 Å². The summed E-state index contributed by atoms with van der Waals surface area (Å²) < 4.78 is 10.6. The minimum Gasteiger partial charge on any atom is -0.461 e. The van der Waals surface area contributed by atoms with Crippen molar-refractivity contribution in [2.75, 3.05) is 5.32 Å². The number of anilines is 1. The normalized spacial score (nSPS) is 11.4. The van der Waals surface area contributed by atoms with Gasteiger partial charge in [0.25, 0.3) is 0 Å². The second-order valence-corrected chi connectivity index (χ2v) is 8.49. The van der Waals surface area contributed by atoms with E-state index in [2.05, 4.69) is 10.6 Å². The van der Waals surface area contributed by atoms with Crippen LogP contribution in [0.4, 0.5) is 10.5 Å². The van der Waals surface area contributed by atoms with Crippen molar-refractivity contribution >= 4 is 34.4 Å². The molecule has 0 radical (unpaired) electrons. The van der Waals surface area contributed by atoms with Crippen LogP contribution in [0, 0.1) is 0 Å². The number of carbonyl (C=O) groups excluding carboxylic acids is 3. The first-order chi connectivity index (χ1) is 18.1. The lowest BCUT2D eigenvalue weighted by Crippen LogP contribution is -2.44. The van der Waals surface area contributed by atoms with Gasteiger partial charge in [-0.25, -0.2) is 4.79 Å². The summed E-state index contributed by atoms with van der Waals surface area (Å²) in [5.74, 6) is -0.922. The van der Waals surface area contributed by atoms with Gasteiger partial charge in [0.1, 0.15) is 19.3 Å². The van der Waals surface area contributed by atoms with Crippen molar-refractivity contribution in [3.63, 3.8) is 0 Å². The highest BCUT2D eigenvalue weighted by Gasteiger charge is 2.23. The van der Waals surface area contributed by atoms with E-state index < -0.39 is 24.0 Å². The minimum absolute atomic E-state index is 0.0491. The Morgan fingerprint density at radius 1 is 0.676 bits per heavy atom. The van der Waals surface area contributed by atoms with Gasteiger partial charge in [-0.3, -0.25) is 9.59 Å². The van der Waals surface area contributed by atoms with Crippen LogP contribution in [0.15, 0.2) is 103 Å². The number of carbonyl (C=O) groups is 3. The highest BCUT2D eigenvalue weighted by molar-refractivity contribution is 5.98. The van der Waals surface area contributed by atoms with Crippen molar-refractivity contribution in [3.05, 3.63) is 114 Å². The lowest BCUT2D eigenvalue weighted by Gasteiger charge is -2.18. The molecule has 0 aliphatic carbocycles. The van der Waals surface area contributed by atoms with E-state index >= 15 is 0 Å². The molecule has 7 nitrogen and oxygen atoms in total. The van der Waals surface area contributed by atoms with Crippen molar-refractivity contribution in [2.24, 2.45) is 0 Å². The maximum Gasteiger partial charge on any atom is 0.408 e. The first kappa shape index (κ1) is 25.4. The number of fused-ring (bicyclic) bond motifs is 1. The van der Waals surface area contributed by atoms with E-state index in [1.54, 1.807) is 6.07 Å². The van der Waals surface area contributed by atoms with Gasteiger partial charge in [0, 0.05) is 12.1 Å². The van der Waals surface area contributed by atoms with Crippen LogP contribution in [0.5, 0.6) is 0 Å². The lowest BCUT2D eigenvalue weighted by atomic mass is 10.1. The SMILES string of the molecule is O=C(CCC(NC(=O)OCc1ccccc1)C(=O)Nc1ccc2ccccc2c1)OCc1ccccc1. The van der Waals surface area contributed by atoms with Gasteiger partial charge in [0.05, 0.1) is 0 Å². The van der Waals surface area contributed by atoms with Gasteiger partial charge in [0.15, 0.2) is 0 Å². The molecule has 4 aromatic carbocycles. The third kappa shape index (κ3) is 7.93. The third-order valence-corrected chi connectivity index (χ3v) is 5.72. The van der Waals surface area contributed by atoms with Crippen LogP contribution in [-0.2, 0) is 32.3 Å². The summed E-state index contributed by atoms with van der Waals surface area (Å²) in [4.78, 5) is 37.9. The fourth-order valence-electron chi connectivity index (χ4n) is 3.74. The molecule has 4 rings (SSSR count).